The molecule has 0 saturated carbocycles. The molecule has 2 unspecified atom stereocenters. The van der Waals surface area contributed by atoms with Gasteiger partial charge in [0, 0.05) is 24.2 Å². The number of benzene rings is 4. The minimum Gasteiger partial charge on any atom is -0.478 e. The molecule has 2 atom stereocenters. The highest BCUT2D eigenvalue weighted by Crippen LogP contribution is 2.55. The molecule has 0 bridgehead atoms. The van der Waals surface area contributed by atoms with Gasteiger partial charge in [0.05, 0.1) is 23.0 Å². The van der Waals surface area contributed by atoms with E-state index < -0.39 is 29.4 Å². The summed E-state index contributed by atoms with van der Waals surface area (Å²) in [5, 5.41) is 19.5. The van der Waals surface area contributed by atoms with Crippen molar-refractivity contribution in [2.75, 3.05) is 9.80 Å². The molecule has 2 saturated heterocycles. The number of rotatable bonds is 6. The number of carboxylic acids is 2. The van der Waals surface area contributed by atoms with Crippen LogP contribution in [0, 0.1) is 0 Å². The first-order chi connectivity index (χ1) is 19.8. The van der Waals surface area contributed by atoms with Gasteiger partial charge in [0.15, 0.2) is 0 Å². The van der Waals surface area contributed by atoms with Gasteiger partial charge in [0.2, 0.25) is 11.8 Å². The molecule has 0 radical (unpaired) electrons. The summed E-state index contributed by atoms with van der Waals surface area (Å²) in [5.74, 6) is -4.03. The van der Waals surface area contributed by atoms with Crippen LogP contribution in [0.4, 0.5) is 11.4 Å². The molecule has 2 heterocycles. The summed E-state index contributed by atoms with van der Waals surface area (Å²) in [6.07, 6.45) is 0.471. The number of amides is 2. The minimum absolute atomic E-state index is 0.0111. The molecular formula is C33H26N2O6. The summed E-state index contributed by atoms with van der Waals surface area (Å²) >= 11 is 0. The zero-order valence-corrected chi connectivity index (χ0v) is 21.9. The number of nitrogens with zero attached hydrogens (tertiary/aromatic N) is 2. The Balaban J connectivity index is 1.60. The van der Waals surface area contributed by atoms with Crippen molar-refractivity contribution >= 4 is 35.1 Å². The maximum atomic E-state index is 14.4. The monoisotopic (exact) mass is 546 g/mol. The van der Waals surface area contributed by atoms with Gasteiger partial charge in [0.1, 0.15) is 5.66 Å². The van der Waals surface area contributed by atoms with Crippen molar-refractivity contribution in [3.05, 3.63) is 131 Å². The minimum atomic E-state index is -1.23. The van der Waals surface area contributed by atoms with Crippen LogP contribution in [-0.4, -0.2) is 39.6 Å². The van der Waals surface area contributed by atoms with Crippen molar-refractivity contribution < 1.29 is 29.4 Å². The van der Waals surface area contributed by atoms with Gasteiger partial charge in [-0.2, -0.15) is 0 Å². The average molecular weight is 547 g/mol. The highest BCUT2D eigenvalue weighted by atomic mass is 16.4. The third-order valence-corrected chi connectivity index (χ3v) is 8.04. The molecule has 2 fully saturated rings. The lowest BCUT2D eigenvalue weighted by Crippen LogP contribution is -2.56. The van der Waals surface area contributed by atoms with E-state index in [1.54, 1.807) is 34.1 Å². The Labute approximate surface area is 236 Å². The topological polar surface area (TPSA) is 115 Å². The number of carboxylic acid groups (broad SMARTS) is 2. The van der Waals surface area contributed by atoms with Gasteiger partial charge in [-0.1, -0.05) is 72.8 Å². The van der Waals surface area contributed by atoms with Crippen molar-refractivity contribution in [1.29, 1.82) is 0 Å². The van der Waals surface area contributed by atoms with Gasteiger partial charge < -0.3 is 10.2 Å². The molecule has 2 aliphatic heterocycles. The second-order valence-electron chi connectivity index (χ2n) is 10.4. The predicted octanol–water partition coefficient (Wildman–Crippen LogP) is 5.52. The second kappa shape index (κ2) is 10.1. The number of anilines is 2. The van der Waals surface area contributed by atoms with Crippen LogP contribution in [0.15, 0.2) is 109 Å². The summed E-state index contributed by atoms with van der Waals surface area (Å²) in [6.45, 7) is 0. The van der Waals surface area contributed by atoms with Crippen LogP contribution in [0.1, 0.15) is 56.5 Å². The Morgan fingerprint density at radius 1 is 0.585 bits per heavy atom. The fraction of sp³-hybridized carbons (Fsp3) is 0.152. The first kappa shape index (κ1) is 26.0. The van der Waals surface area contributed by atoms with Crippen molar-refractivity contribution in [2.45, 2.75) is 30.3 Å². The molecule has 4 aromatic carbocycles. The van der Waals surface area contributed by atoms with Crippen molar-refractivity contribution in [3.63, 3.8) is 0 Å². The second-order valence-corrected chi connectivity index (χ2v) is 10.4. The lowest BCUT2D eigenvalue weighted by Gasteiger charge is -2.42. The van der Waals surface area contributed by atoms with Gasteiger partial charge in [-0.05, 0) is 47.5 Å². The average Bonchev–Trinajstić information content (AvgIpc) is 3.45. The number of hydrogen-bond donors (Lipinski definition) is 2. The van der Waals surface area contributed by atoms with Gasteiger partial charge in [0.25, 0.3) is 0 Å². The Morgan fingerprint density at radius 3 is 1.34 bits per heavy atom. The van der Waals surface area contributed by atoms with Crippen LogP contribution in [0.3, 0.4) is 0 Å². The fourth-order valence-corrected chi connectivity index (χ4v) is 6.28. The van der Waals surface area contributed by atoms with E-state index in [1.807, 2.05) is 60.7 Å². The summed E-state index contributed by atoms with van der Waals surface area (Å²) in [4.78, 5) is 55.7. The maximum Gasteiger partial charge on any atom is 0.335 e. The van der Waals surface area contributed by atoms with Crippen LogP contribution in [0.2, 0.25) is 0 Å². The number of carbonyl (C=O) groups is 4. The van der Waals surface area contributed by atoms with E-state index in [-0.39, 0.29) is 35.8 Å². The lowest BCUT2D eigenvalue weighted by atomic mass is 9.88. The van der Waals surface area contributed by atoms with Gasteiger partial charge >= 0.3 is 11.9 Å². The highest BCUT2D eigenvalue weighted by molar-refractivity contribution is 6.10. The van der Waals surface area contributed by atoms with Crippen LogP contribution < -0.4 is 9.80 Å². The van der Waals surface area contributed by atoms with E-state index in [4.69, 9.17) is 0 Å². The Kier molecular flexibility index (Phi) is 6.38. The van der Waals surface area contributed by atoms with E-state index in [2.05, 4.69) is 0 Å². The molecule has 8 nitrogen and oxygen atoms in total. The zero-order valence-electron chi connectivity index (χ0n) is 21.9. The lowest BCUT2D eigenvalue weighted by molar-refractivity contribution is -0.118. The van der Waals surface area contributed by atoms with Crippen LogP contribution in [0.5, 0.6) is 0 Å². The molecule has 41 heavy (non-hydrogen) atoms. The standard InChI is InChI=1S/C33H26N2O6/c36-29-27(21-9-3-1-4-10-21)19-33(34(29)25-15-7-13-23(17-25)31(38)39)20-28(22-11-5-2-6-12-22)30(37)35(33)26-16-8-14-24(18-26)32(40)41/h1-18,27-28H,19-20H2,(H,38,39)(H,40,41). The van der Waals surface area contributed by atoms with E-state index in [9.17, 15) is 29.4 Å². The highest BCUT2D eigenvalue weighted by Gasteiger charge is 2.63. The van der Waals surface area contributed by atoms with Crippen molar-refractivity contribution in [1.82, 2.24) is 0 Å². The van der Waals surface area contributed by atoms with Gasteiger partial charge in [-0.25, -0.2) is 9.59 Å². The van der Waals surface area contributed by atoms with Crippen LogP contribution in [-0.2, 0) is 9.59 Å². The van der Waals surface area contributed by atoms with Gasteiger partial charge in [-0.3, -0.25) is 19.4 Å². The quantitative estimate of drug-likeness (QED) is 0.329. The molecule has 4 aromatic rings. The van der Waals surface area contributed by atoms with E-state index in [0.29, 0.717) is 11.4 Å². The third kappa shape index (κ3) is 4.34. The summed E-state index contributed by atoms with van der Waals surface area (Å²) in [5.41, 5.74) is 1.06. The van der Waals surface area contributed by atoms with Crippen LogP contribution in [0.25, 0.3) is 0 Å². The normalized spacial score (nSPS) is 22.0. The van der Waals surface area contributed by atoms with E-state index in [1.165, 1.54) is 24.3 Å². The number of hydrogen-bond acceptors (Lipinski definition) is 4. The Bertz CT molecular complexity index is 1540. The Morgan fingerprint density at radius 2 is 0.976 bits per heavy atom. The molecule has 2 N–H and O–H groups in total. The number of carbonyl (C=O) groups excluding carboxylic acids is 2. The SMILES string of the molecule is O=C(O)c1cccc(N2C(=O)C(c3ccccc3)CC23CC(c2ccccc2)C(=O)N3c2cccc(C(=O)O)c2)c1. The molecule has 2 amide bonds. The molecule has 204 valence electrons. The van der Waals surface area contributed by atoms with Gasteiger partial charge in [-0.15, -0.1) is 0 Å². The first-order valence-corrected chi connectivity index (χ1v) is 13.2. The summed E-state index contributed by atoms with van der Waals surface area (Å²) in [6, 6.07) is 30.9. The molecule has 0 aliphatic carbocycles. The summed E-state index contributed by atoms with van der Waals surface area (Å²) in [7, 11) is 0. The summed E-state index contributed by atoms with van der Waals surface area (Å²) < 4.78 is 0. The number of aromatic carboxylic acids is 2. The van der Waals surface area contributed by atoms with Crippen LogP contribution >= 0.6 is 0 Å². The van der Waals surface area contributed by atoms with E-state index >= 15 is 0 Å². The molecule has 8 heteroatoms. The molecule has 1 spiro atoms. The smallest absolute Gasteiger partial charge is 0.335 e. The molecular weight excluding hydrogens is 520 g/mol. The first-order valence-electron chi connectivity index (χ1n) is 13.2. The molecule has 2 aliphatic rings. The molecule has 0 aromatic heterocycles. The maximum absolute atomic E-state index is 14.4. The third-order valence-electron chi connectivity index (χ3n) is 8.04. The largest absolute Gasteiger partial charge is 0.478 e. The fourth-order valence-electron chi connectivity index (χ4n) is 6.28. The predicted molar refractivity (Wildman–Crippen MR) is 152 cm³/mol. The van der Waals surface area contributed by atoms with Crippen molar-refractivity contribution in [3.8, 4) is 0 Å². The zero-order chi connectivity index (χ0) is 28.7. The van der Waals surface area contributed by atoms with E-state index in [0.717, 1.165) is 11.1 Å². The molecule has 6 rings (SSSR count). The van der Waals surface area contributed by atoms with Crippen molar-refractivity contribution in [2.24, 2.45) is 0 Å². The Hall–Kier alpha value is -5.24.